The highest BCUT2D eigenvalue weighted by atomic mass is 19.1. The molecule has 0 bridgehead atoms. The Balaban J connectivity index is 1.67. The van der Waals surface area contributed by atoms with Gasteiger partial charge >= 0.3 is 0 Å². The maximum absolute atomic E-state index is 13.9. The number of aryl methyl sites for hydroxylation is 1. The molecule has 0 fully saturated rings. The van der Waals surface area contributed by atoms with Gasteiger partial charge in [-0.2, -0.15) is 10.1 Å². The molecular formula is C20H16F2N4O2. The van der Waals surface area contributed by atoms with E-state index in [1.807, 2.05) is 12.1 Å². The van der Waals surface area contributed by atoms with Crippen LogP contribution in [0.5, 0.6) is 0 Å². The Labute approximate surface area is 158 Å². The van der Waals surface area contributed by atoms with Crippen LogP contribution in [0, 0.1) is 24.5 Å². The maximum atomic E-state index is 13.9. The van der Waals surface area contributed by atoms with Gasteiger partial charge in [0, 0.05) is 24.1 Å². The Morgan fingerprint density at radius 3 is 2.75 bits per heavy atom. The van der Waals surface area contributed by atoms with Crippen molar-refractivity contribution in [3.05, 3.63) is 77.2 Å². The van der Waals surface area contributed by atoms with Crippen LogP contribution in [0.3, 0.4) is 0 Å². The van der Waals surface area contributed by atoms with Crippen molar-refractivity contribution in [2.75, 3.05) is 5.32 Å². The van der Waals surface area contributed by atoms with Crippen molar-refractivity contribution in [2.24, 2.45) is 5.92 Å². The lowest BCUT2D eigenvalue weighted by molar-refractivity contribution is -0.123. The van der Waals surface area contributed by atoms with Gasteiger partial charge < -0.3 is 9.73 Å². The number of hydrogen-bond acceptors (Lipinski definition) is 5. The fraction of sp³-hybridized carbons (Fsp3) is 0.250. The molecule has 0 saturated heterocycles. The van der Waals surface area contributed by atoms with Gasteiger partial charge in [-0.25, -0.2) is 13.5 Å². The molecule has 6 nitrogen and oxygen atoms in total. The lowest BCUT2D eigenvalue weighted by atomic mass is 9.77. The van der Waals surface area contributed by atoms with Crippen LogP contribution >= 0.6 is 0 Å². The zero-order valence-electron chi connectivity index (χ0n) is 14.9. The minimum atomic E-state index is -0.700. The zero-order chi connectivity index (χ0) is 19.4. The van der Waals surface area contributed by atoms with E-state index in [0.29, 0.717) is 28.8 Å². The van der Waals surface area contributed by atoms with Crippen molar-refractivity contribution < 1.29 is 18.0 Å². The third-order valence-electron chi connectivity index (χ3n) is 5.19. The number of furan rings is 1. The van der Waals surface area contributed by atoms with Crippen molar-refractivity contribution in [3.63, 3.8) is 0 Å². The summed E-state index contributed by atoms with van der Waals surface area (Å²) in [4.78, 5) is 17.5. The number of nitrogens with one attached hydrogen (secondary N) is 1. The Bertz CT molecular complexity index is 1080. The summed E-state index contributed by atoms with van der Waals surface area (Å²) < 4.78 is 34.8. The molecule has 142 valence electrons. The summed E-state index contributed by atoms with van der Waals surface area (Å²) in [6.07, 6.45) is 3.73. The molecule has 3 atom stereocenters. The molecule has 3 aromatic rings. The first-order chi connectivity index (χ1) is 13.5. The molecule has 3 heterocycles. The highest BCUT2D eigenvalue weighted by Crippen LogP contribution is 2.44. The number of allylic oxidation sites excluding steroid dienone is 2. The molecule has 8 heteroatoms. The summed E-state index contributed by atoms with van der Waals surface area (Å²) in [6.45, 7) is 1.72. The van der Waals surface area contributed by atoms with Crippen molar-refractivity contribution in [1.82, 2.24) is 14.8 Å². The second kappa shape index (κ2) is 6.12. The largest absolute Gasteiger partial charge is 0.469 e. The molecule has 1 aromatic carbocycles. The first-order valence-electron chi connectivity index (χ1n) is 8.93. The third-order valence-corrected chi connectivity index (χ3v) is 5.19. The van der Waals surface area contributed by atoms with Gasteiger partial charge in [0.15, 0.2) is 0 Å². The highest BCUT2D eigenvalue weighted by Gasteiger charge is 2.44. The second-order valence-electron chi connectivity index (χ2n) is 7.09. The van der Waals surface area contributed by atoms with Gasteiger partial charge in [0.25, 0.3) is 0 Å². The van der Waals surface area contributed by atoms with E-state index in [0.717, 1.165) is 6.07 Å². The van der Waals surface area contributed by atoms with Gasteiger partial charge in [0.2, 0.25) is 5.95 Å². The normalized spacial score (nSPS) is 23.6. The smallest absolute Gasteiger partial charge is 0.226 e. The fourth-order valence-corrected chi connectivity index (χ4v) is 4.11. The van der Waals surface area contributed by atoms with Crippen LogP contribution in [0.25, 0.3) is 0 Å². The first-order valence-corrected chi connectivity index (χ1v) is 8.93. The fourth-order valence-electron chi connectivity index (χ4n) is 4.11. The number of carbonyl (C=O) groups is 1. The second-order valence-corrected chi connectivity index (χ2v) is 7.09. The molecule has 0 spiro atoms. The molecule has 1 aliphatic carbocycles. The molecule has 5 rings (SSSR count). The molecule has 0 radical (unpaired) electrons. The molecule has 28 heavy (non-hydrogen) atoms. The maximum Gasteiger partial charge on any atom is 0.226 e. The molecule has 1 N–H and O–H groups in total. The monoisotopic (exact) mass is 382 g/mol. The van der Waals surface area contributed by atoms with Crippen LogP contribution in [0.2, 0.25) is 0 Å². The van der Waals surface area contributed by atoms with Crippen LogP contribution in [-0.4, -0.2) is 20.5 Å². The number of Topliss-reactive ketones (excluding diaryl/α,β-unsaturated/α-hetero) is 1. The predicted molar refractivity (Wildman–Crippen MR) is 95.5 cm³/mol. The van der Waals surface area contributed by atoms with E-state index in [1.165, 1.54) is 16.8 Å². The van der Waals surface area contributed by atoms with E-state index < -0.39 is 23.6 Å². The predicted octanol–water partition coefficient (Wildman–Crippen LogP) is 3.73. The average molecular weight is 382 g/mol. The van der Waals surface area contributed by atoms with Gasteiger partial charge in [-0.15, -0.1) is 0 Å². The van der Waals surface area contributed by atoms with Crippen molar-refractivity contribution >= 4 is 11.7 Å². The quantitative estimate of drug-likeness (QED) is 0.731. The summed E-state index contributed by atoms with van der Waals surface area (Å²) >= 11 is 0. The van der Waals surface area contributed by atoms with Crippen LogP contribution in [0.4, 0.5) is 14.7 Å². The van der Waals surface area contributed by atoms with Gasteiger partial charge in [-0.1, -0.05) is 6.08 Å². The first kappa shape index (κ1) is 16.9. The Morgan fingerprint density at radius 1 is 1.25 bits per heavy atom. The topological polar surface area (TPSA) is 73.0 Å². The number of hydrogen-bond donors (Lipinski definition) is 1. The van der Waals surface area contributed by atoms with Gasteiger partial charge in [-0.3, -0.25) is 4.79 Å². The van der Waals surface area contributed by atoms with E-state index in [9.17, 15) is 13.6 Å². The summed E-state index contributed by atoms with van der Waals surface area (Å²) in [5.74, 6) is -0.676. The van der Waals surface area contributed by atoms with Crippen molar-refractivity contribution in [3.8, 4) is 0 Å². The molecule has 0 saturated carbocycles. The molecule has 2 aromatic heterocycles. The molecule has 0 amide bonds. The average Bonchev–Trinajstić information content (AvgIpc) is 3.27. The lowest BCUT2D eigenvalue weighted by Gasteiger charge is -2.37. The lowest BCUT2D eigenvalue weighted by Crippen LogP contribution is -2.40. The minimum absolute atomic E-state index is 0.0557. The summed E-state index contributed by atoms with van der Waals surface area (Å²) in [7, 11) is 0. The molecule has 1 aliphatic heterocycles. The van der Waals surface area contributed by atoms with Crippen LogP contribution in [0.15, 0.2) is 52.8 Å². The summed E-state index contributed by atoms with van der Waals surface area (Å²) in [6, 6.07) is 6.21. The number of rotatable bonds is 2. The van der Waals surface area contributed by atoms with E-state index >= 15 is 0 Å². The number of anilines is 1. The SMILES string of the molecule is Cc1nc2n(n1)[C@H](c1cc(F)cc(F)c1)[C@H]1C(=O)C[C@@H](c3ccco3)C=C1N2. The number of carbonyl (C=O) groups excluding carboxylic acids is 1. The third kappa shape index (κ3) is 2.64. The Kier molecular flexibility index (Phi) is 3.68. The highest BCUT2D eigenvalue weighted by molar-refractivity contribution is 5.88. The zero-order valence-corrected chi connectivity index (χ0v) is 14.9. The standard InChI is InChI=1S/C20H16F2N4O2/c1-10-23-20-24-15-7-11(17-3-2-4-28-17)8-16(27)18(15)19(26(20)25-10)12-5-13(21)9-14(22)6-12/h2-7,9,11,18-19H,8H2,1H3,(H,23,24,25)/t11-,18+,19+/m0/s1. The van der Waals surface area contributed by atoms with Crippen molar-refractivity contribution in [2.45, 2.75) is 25.3 Å². The number of ketones is 1. The molecule has 2 aliphatic rings. The number of benzene rings is 1. The molecule has 0 unspecified atom stereocenters. The van der Waals surface area contributed by atoms with E-state index in [-0.39, 0.29) is 18.1 Å². The van der Waals surface area contributed by atoms with Crippen molar-refractivity contribution in [1.29, 1.82) is 0 Å². The van der Waals surface area contributed by atoms with E-state index in [2.05, 4.69) is 15.4 Å². The number of fused-ring (bicyclic) bond motifs is 2. The van der Waals surface area contributed by atoms with Crippen LogP contribution in [-0.2, 0) is 4.79 Å². The number of halogens is 2. The van der Waals surface area contributed by atoms with Gasteiger partial charge in [0.1, 0.15) is 29.0 Å². The number of aromatic nitrogens is 3. The van der Waals surface area contributed by atoms with Gasteiger partial charge in [-0.05, 0) is 36.8 Å². The minimum Gasteiger partial charge on any atom is -0.469 e. The Hall–Kier alpha value is -3.29. The number of nitrogens with zero attached hydrogens (tertiary/aromatic N) is 3. The summed E-state index contributed by atoms with van der Waals surface area (Å²) in [5.41, 5.74) is 0.984. The van der Waals surface area contributed by atoms with E-state index in [4.69, 9.17) is 4.42 Å². The van der Waals surface area contributed by atoms with Crippen LogP contribution < -0.4 is 5.32 Å². The van der Waals surface area contributed by atoms with Gasteiger partial charge in [0.05, 0.1) is 18.2 Å². The van der Waals surface area contributed by atoms with E-state index in [1.54, 1.807) is 19.3 Å². The Morgan fingerprint density at radius 2 is 2.04 bits per heavy atom. The van der Waals surface area contributed by atoms with Crippen LogP contribution in [0.1, 0.15) is 35.5 Å². The molecular weight excluding hydrogens is 366 g/mol. The summed E-state index contributed by atoms with van der Waals surface area (Å²) in [5, 5.41) is 7.53.